The van der Waals surface area contributed by atoms with Crippen LogP contribution in [0.2, 0.25) is 0 Å². The zero-order valence-corrected chi connectivity index (χ0v) is 15.6. The highest BCUT2D eigenvalue weighted by molar-refractivity contribution is 7.15. The lowest BCUT2D eigenvalue weighted by atomic mass is 10.1. The topological polar surface area (TPSA) is 55.6 Å². The summed E-state index contributed by atoms with van der Waals surface area (Å²) in [7, 11) is 1.46. The highest BCUT2D eigenvalue weighted by atomic mass is 32.1. The first-order valence-electron chi connectivity index (χ1n) is 8.40. The van der Waals surface area contributed by atoms with Crippen molar-refractivity contribution in [2.24, 2.45) is 0 Å². The molecule has 8 heteroatoms. The second kappa shape index (κ2) is 7.40. The van der Waals surface area contributed by atoms with Crippen LogP contribution in [0.4, 0.5) is 20.3 Å². The zero-order chi connectivity index (χ0) is 19.7. The number of methoxy groups -OCH3 is 1. The van der Waals surface area contributed by atoms with E-state index in [1.54, 1.807) is 28.7 Å². The molecule has 2 aromatic heterocycles. The van der Waals surface area contributed by atoms with E-state index >= 15 is 0 Å². The molecule has 4 rings (SSSR count). The molecule has 0 fully saturated rings. The number of hydrogen-bond acceptors (Lipinski definition) is 5. The molecule has 0 atom stereocenters. The van der Waals surface area contributed by atoms with E-state index in [-0.39, 0.29) is 17.8 Å². The van der Waals surface area contributed by atoms with Crippen LogP contribution in [0.15, 0.2) is 47.8 Å². The van der Waals surface area contributed by atoms with Crippen molar-refractivity contribution in [3.63, 3.8) is 0 Å². The number of nitrogens with one attached hydrogen (secondary N) is 1. The Balaban J connectivity index is 1.96. The predicted molar refractivity (Wildman–Crippen MR) is 104 cm³/mol. The van der Waals surface area contributed by atoms with Gasteiger partial charge in [-0.15, -0.1) is 11.3 Å². The number of hydrogen-bond donors (Lipinski definition) is 1. The molecule has 28 heavy (non-hydrogen) atoms. The number of fused-ring (bicyclic) bond motifs is 1. The number of carbonyl (C=O) groups excluding carboxylic acids is 1. The Morgan fingerprint density at radius 3 is 2.71 bits per heavy atom. The lowest BCUT2D eigenvalue weighted by Gasteiger charge is -2.12. The van der Waals surface area contributed by atoms with E-state index in [9.17, 15) is 13.6 Å². The summed E-state index contributed by atoms with van der Waals surface area (Å²) >= 11 is 1.35. The quantitative estimate of drug-likeness (QED) is 0.472. The number of ether oxygens (including phenoxy) is 1. The molecular weight excluding hydrogens is 384 g/mol. The molecule has 2 heterocycles. The third-order valence-corrected chi connectivity index (χ3v) is 5.14. The van der Waals surface area contributed by atoms with E-state index in [2.05, 4.69) is 10.3 Å². The average molecular weight is 399 g/mol. The van der Waals surface area contributed by atoms with Gasteiger partial charge in [-0.05, 0) is 36.4 Å². The molecule has 0 amide bonds. The second-order valence-corrected chi connectivity index (χ2v) is 6.81. The lowest BCUT2D eigenvalue weighted by Crippen LogP contribution is -2.01. The van der Waals surface area contributed by atoms with Crippen LogP contribution in [0.25, 0.3) is 16.2 Å². The summed E-state index contributed by atoms with van der Waals surface area (Å²) in [6.07, 6.45) is 0.981. The number of aldehydes is 1. The van der Waals surface area contributed by atoms with E-state index in [0.717, 1.165) is 6.29 Å². The monoisotopic (exact) mass is 399 g/mol. The highest BCUT2D eigenvalue weighted by Crippen LogP contribution is 2.40. The van der Waals surface area contributed by atoms with E-state index in [0.29, 0.717) is 33.6 Å². The van der Waals surface area contributed by atoms with Gasteiger partial charge in [0.25, 0.3) is 0 Å². The molecule has 0 aliphatic heterocycles. The minimum Gasteiger partial charge on any atom is -0.496 e. The molecule has 1 N–H and O–H groups in total. The highest BCUT2D eigenvalue weighted by Gasteiger charge is 2.23. The van der Waals surface area contributed by atoms with Crippen molar-refractivity contribution in [2.45, 2.75) is 6.42 Å². The maximum absolute atomic E-state index is 14.7. The molecular formula is C20H15F2N3O2S. The van der Waals surface area contributed by atoms with Crippen LogP contribution in [0, 0.1) is 11.6 Å². The fourth-order valence-electron chi connectivity index (χ4n) is 3.01. The minimum absolute atomic E-state index is 0.183. The van der Waals surface area contributed by atoms with Crippen molar-refractivity contribution in [3.8, 4) is 17.0 Å². The van der Waals surface area contributed by atoms with Crippen molar-refractivity contribution < 1.29 is 18.3 Å². The SMILES string of the molecule is COc1cccc(F)c1-c1nc2scc(CC=O)n2c1Nc1ccc(F)cc1. The number of thiazole rings is 1. The summed E-state index contributed by atoms with van der Waals surface area (Å²) in [5.74, 6) is -0.0330. The number of halogens is 2. The summed E-state index contributed by atoms with van der Waals surface area (Å²) in [5.41, 5.74) is 1.87. The summed E-state index contributed by atoms with van der Waals surface area (Å²) in [6, 6.07) is 10.3. The van der Waals surface area contributed by atoms with Crippen molar-refractivity contribution in [1.29, 1.82) is 0 Å². The Bertz CT molecular complexity index is 1150. The van der Waals surface area contributed by atoms with E-state index in [1.165, 1.54) is 36.6 Å². The maximum atomic E-state index is 14.7. The molecule has 0 unspecified atom stereocenters. The number of nitrogens with zero attached hydrogens (tertiary/aromatic N) is 2. The van der Waals surface area contributed by atoms with Gasteiger partial charge >= 0.3 is 0 Å². The smallest absolute Gasteiger partial charge is 0.196 e. The number of rotatable bonds is 6. The number of benzene rings is 2. The molecule has 2 aromatic carbocycles. The first kappa shape index (κ1) is 18.1. The largest absolute Gasteiger partial charge is 0.496 e. The minimum atomic E-state index is -0.482. The Labute approximate surface area is 163 Å². The van der Waals surface area contributed by atoms with Crippen molar-refractivity contribution >= 4 is 34.1 Å². The van der Waals surface area contributed by atoms with Crippen molar-refractivity contribution in [3.05, 3.63) is 65.2 Å². The summed E-state index contributed by atoms with van der Waals surface area (Å²) < 4.78 is 35.1. The Hall–Kier alpha value is -3.26. The van der Waals surface area contributed by atoms with E-state index in [4.69, 9.17) is 4.74 Å². The average Bonchev–Trinajstić information content (AvgIpc) is 3.24. The van der Waals surface area contributed by atoms with Gasteiger partial charge in [-0.3, -0.25) is 4.40 Å². The Kier molecular flexibility index (Phi) is 4.79. The van der Waals surface area contributed by atoms with Crippen LogP contribution < -0.4 is 10.1 Å². The van der Waals surface area contributed by atoms with Gasteiger partial charge in [0, 0.05) is 23.2 Å². The molecule has 4 aromatic rings. The predicted octanol–water partition coefficient (Wildman–Crippen LogP) is 4.83. The van der Waals surface area contributed by atoms with Gasteiger partial charge in [-0.1, -0.05) is 6.07 Å². The molecule has 0 radical (unpaired) electrons. The first-order valence-corrected chi connectivity index (χ1v) is 9.28. The Morgan fingerprint density at radius 1 is 1.21 bits per heavy atom. The molecule has 0 saturated carbocycles. The van der Waals surface area contributed by atoms with Crippen molar-refractivity contribution in [1.82, 2.24) is 9.38 Å². The number of carbonyl (C=O) groups is 1. The van der Waals surface area contributed by atoms with Gasteiger partial charge in [0.15, 0.2) is 4.96 Å². The van der Waals surface area contributed by atoms with Crippen LogP contribution in [0.1, 0.15) is 5.69 Å². The Morgan fingerprint density at radius 2 is 2.00 bits per heavy atom. The summed E-state index contributed by atoms with van der Waals surface area (Å²) in [6.45, 7) is 0. The van der Waals surface area contributed by atoms with E-state index in [1.807, 2.05) is 5.38 Å². The number of imidazole rings is 1. The lowest BCUT2D eigenvalue weighted by molar-refractivity contribution is -0.107. The van der Waals surface area contributed by atoms with Crippen molar-refractivity contribution in [2.75, 3.05) is 12.4 Å². The normalized spacial score (nSPS) is 11.0. The zero-order valence-electron chi connectivity index (χ0n) is 14.8. The van der Waals surface area contributed by atoms with Gasteiger partial charge in [0.05, 0.1) is 12.7 Å². The molecule has 0 aliphatic carbocycles. The van der Waals surface area contributed by atoms with Crippen LogP contribution >= 0.6 is 11.3 Å². The van der Waals surface area contributed by atoms with Crippen LogP contribution in [-0.4, -0.2) is 22.8 Å². The number of anilines is 2. The summed E-state index contributed by atoms with van der Waals surface area (Å²) in [5, 5.41) is 5.02. The van der Waals surface area contributed by atoms with Gasteiger partial charge in [-0.25, -0.2) is 13.8 Å². The van der Waals surface area contributed by atoms with Gasteiger partial charge < -0.3 is 14.8 Å². The summed E-state index contributed by atoms with van der Waals surface area (Å²) in [4.78, 5) is 16.3. The fourth-order valence-corrected chi connectivity index (χ4v) is 3.91. The second-order valence-electron chi connectivity index (χ2n) is 5.97. The van der Waals surface area contributed by atoms with Crippen LogP contribution in [0.5, 0.6) is 5.75 Å². The van der Waals surface area contributed by atoms with Gasteiger partial charge in [-0.2, -0.15) is 0 Å². The molecule has 0 saturated heterocycles. The molecule has 5 nitrogen and oxygen atoms in total. The number of aromatic nitrogens is 2. The maximum Gasteiger partial charge on any atom is 0.196 e. The van der Waals surface area contributed by atoms with Crippen LogP contribution in [-0.2, 0) is 11.2 Å². The molecule has 0 spiro atoms. The first-order chi connectivity index (χ1) is 13.6. The molecule has 0 bridgehead atoms. The van der Waals surface area contributed by atoms with Gasteiger partial charge in [0.2, 0.25) is 0 Å². The molecule has 0 aliphatic rings. The van der Waals surface area contributed by atoms with Gasteiger partial charge in [0.1, 0.15) is 35.2 Å². The third-order valence-electron chi connectivity index (χ3n) is 4.27. The van der Waals surface area contributed by atoms with E-state index < -0.39 is 5.82 Å². The third kappa shape index (κ3) is 3.11. The van der Waals surface area contributed by atoms with Crippen LogP contribution in [0.3, 0.4) is 0 Å². The standard InChI is InChI=1S/C20H15F2N3O2S/c1-27-16-4-2-3-15(22)17(16)18-19(23-13-7-5-12(21)6-8-13)25-14(9-10-26)11-28-20(25)24-18/h2-8,10-11,23H,9H2,1H3. The molecule has 142 valence electrons. The fraction of sp³-hybridized carbons (Fsp3) is 0.100.